The maximum Gasteiger partial charge on any atom is 0.251 e. The lowest BCUT2D eigenvalue weighted by molar-refractivity contribution is 0.0947. The SMILES string of the molecule is COc1ccccc1N1CCN(CCNC(=O)c2cc(OCBr)c3ccccc3c2)CC1. The monoisotopic (exact) mass is 497 g/mol. The Morgan fingerprint density at radius 2 is 1.75 bits per heavy atom. The van der Waals surface area contributed by atoms with E-state index in [1.165, 1.54) is 0 Å². The average molecular weight is 498 g/mol. The van der Waals surface area contributed by atoms with Gasteiger partial charge < -0.3 is 19.7 Å². The minimum Gasteiger partial charge on any atom is -0.495 e. The molecule has 0 aromatic heterocycles. The Balaban J connectivity index is 1.30. The van der Waals surface area contributed by atoms with Crippen molar-refractivity contribution >= 4 is 38.3 Å². The first-order valence-electron chi connectivity index (χ1n) is 10.8. The van der Waals surface area contributed by atoms with E-state index in [0.717, 1.165) is 54.9 Å². The molecule has 7 heteroatoms. The number of hydrogen-bond acceptors (Lipinski definition) is 5. The molecule has 168 valence electrons. The fraction of sp³-hybridized carbons (Fsp3) is 0.320. The van der Waals surface area contributed by atoms with Gasteiger partial charge in [0.15, 0.2) is 0 Å². The number of methoxy groups -OCH3 is 1. The molecule has 1 fully saturated rings. The summed E-state index contributed by atoms with van der Waals surface area (Å²) < 4.78 is 11.2. The number of nitrogens with zero attached hydrogens (tertiary/aromatic N) is 2. The Labute approximate surface area is 197 Å². The Kier molecular flexibility index (Phi) is 7.50. The number of hydrogen-bond donors (Lipinski definition) is 1. The highest BCUT2D eigenvalue weighted by molar-refractivity contribution is 9.09. The van der Waals surface area contributed by atoms with Crippen LogP contribution in [0.3, 0.4) is 0 Å². The lowest BCUT2D eigenvalue weighted by atomic mass is 10.1. The van der Waals surface area contributed by atoms with Gasteiger partial charge in [-0.25, -0.2) is 0 Å². The standard InChI is InChI=1S/C25H28BrN3O3/c1-31-23-9-5-4-8-22(23)29-14-12-28(13-15-29)11-10-27-25(30)20-16-19-6-2-3-7-21(19)24(17-20)32-18-26/h2-9,16-17H,10-15,18H2,1H3,(H,27,30). The van der Waals surface area contributed by atoms with Crippen LogP contribution >= 0.6 is 15.9 Å². The highest BCUT2D eigenvalue weighted by Gasteiger charge is 2.19. The largest absolute Gasteiger partial charge is 0.495 e. The number of benzene rings is 3. The molecule has 4 rings (SSSR count). The molecule has 3 aromatic rings. The van der Waals surface area contributed by atoms with Gasteiger partial charge in [0.1, 0.15) is 17.0 Å². The van der Waals surface area contributed by atoms with E-state index in [9.17, 15) is 4.79 Å². The number of para-hydroxylation sites is 2. The van der Waals surface area contributed by atoms with Gasteiger partial charge in [-0.15, -0.1) is 0 Å². The van der Waals surface area contributed by atoms with Crippen LogP contribution in [0.5, 0.6) is 11.5 Å². The quantitative estimate of drug-likeness (QED) is 0.474. The van der Waals surface area contributed by atoms with Crippen molar-refractivity contribution in [2.75, 3.05) is 56.8 Å². The third-order valence-electron chi connectivity index (χ3n) is 5.81. The molecular weight excluding hydrogens is 470 g/mol. The molecule has 1 heterocycles. The molecule has 1 saturated heterocycles. The minimum atomic E-state index is -0.0807. The molecule has 0 radical (unpaired) electrons. The summed E-state index contributed by atoms with van der Waals surface area (Å²) in [6.45, 7) is 5.21. The zero-order valence-corrected chi connectivity index (χ0v) is 19.8. The third-order valence-corrected chi connectivity index (χ3v) is 6.04. The van der Waals surface area contributed by atoms with Crippen molar-refractivity contribution in [2.45, 2.75) is 0 Å². The van der Waals surface area contributed by atoms with Gasteiger partial charge in [-0.2, -0.15) is 0 Å². The van der Waals surface area contributed by atoms with E-state index in [2.05, 4.69) is 37.1 Å². The van der Waals surface area contributed by atoms with Crippen LogP contribution in [0.2, 0.25) is 0 Å². The van der Waals surface area contributed by atoms with E-state index >= 15 is 0 Å². The number of amides is 1. The summed E-state index contributed by atoms with van der Waals surface area (Å²) in [5.74, 6) is 1.53. The molecule has 32 heavy (non-hydrogen) atoms. The second-order valence-electron chi connectivity index (χ2n) is 7.71. The summed E-state index contributed by atoms with van der Waals surface area (Å²) in [5, 5.41) is 5.05. The molecule has 1 aliphatic heterocycles. The number of carbonyl (C=O) groups excluding carboxylic acids is 1. The van der Waals surface area contributed by atoms with Gasteiger partial charge in [0.05, 0.1) is 12.8 Å². The lowest BCUT2D eigenvalue weighted by Gasteiger charge is -2.36. The van der Waals surface area contributed by atoms with Crippen LogP contribution in [0.15, 0.2) is 60.7 Å². The fourth-order valence-corrected chi connectivity index (χ4v) is 4.36. The second kappa shape index (κ2) is 10.7. The first-order valence-corrected chi connectivity index (χ1v) is 11.9. The molecule has 0 atom stereocenters. The normalized spacial score (nSPS) is 14.4. The molecule has 0 aliphatic carbocycles. The Morgan fingerprint density at radius 1 is 1.00 bits per heavy atom. The third kappa shape index (κ3) is 5.16. The van der Waals surface area contributed by atoms with Gasteiger partial charge >= 0.3 is 0 Å². The van der Waals surface area contributed by atoms with E-state index in [1.807, 2.05) is 54.6 Å². The average Bonchev–Trinajstić information content (AvgIpc) is 2.84. The zero-order valence-electron chi connectivity index (χ0n) is 18.2. The number of fused-ring (bicyclic) bond motifs is 1. The van der Waals surface area contributed by atoms with Gasteiger partial charge in [-0.3, -0.25) is 9.69 Å². The number of rotatable bonds is 8. The second-order valence-corrected chi connectivity index (χ2v) is 8.16. The molecule has 1 N–H and O–H groups in total. The number of ether oxygens (including phenoxy) is 2. The van der Waals surface area contributed by atoms with Gasteiger partial charge in [0.2, 0.25) is 0 Å². The summed E-state index contributed by atoms with van der Waals surface area (Å²) in [7, 11) is 1.71. The molecular formula is C25H28BrN3O3. The highest BCUT2D eigenvalue weighted by atomic mass is 79.9. The molecule has 0 saturated carbocycles. The van der Waals surface area contributed by atoms with Crippen molar-refractivity contribution < 1.29 is 14.3 Å². The number of halogens is 1. The summed E-state index contributed by atoms with van der Waals surface area (Å²) in [4.78, 5) is 17.5. The van der Waals surface area contributed by atoms with Crippen LogP contribution in [0, 0.1) is 0 Å². The molecule has 0 bridgehead atoms. The first kappa shape index (κ1) is 22.4. The summed E-state index contributed by atoms with van der Waals surface area (Å²) in [6.07, 6.45) is 0. The first-order chi connectivity index (χ1) is 15.7. The van der Waals surface area contributed by atoms with Gasteiger partial charge in [-0.1, -0.05) is 36.4 Å². The number of alkyl halides is 1. The predicted molar refractivity (Wildman–Crippen MR) is 132 cm³/mol. The molecule has 0 spiro atoms. The molecule has 6 nitrogen and oxygen atoms in total. The predicted octanol–water partition coefficient (Wildman–Crippen LogP) is 4.13. The molecule has 1 aliphatic rings. The van der Waals surface area contributed by atoms with Crippen molar-refractivity contribution in [1.29, 1.82) is 0 Å². The summed E-state index contributed by atoms with van der Waals surface area (Å²) in [5.41, 5.74) is 2.13. The van der Waals surface area contributed by atoms with Crippen LogP contribution in [0.1, 0.15) is 10.4 Å². The maximum atomic E-state index is 12.8. The van der Waals surface area contributed by atoms with Crippen LogP contribution in [0.4, 0.5) is 5.69 Å². The van der Waals surface area contributed by atoms with Crippen molar-refractivity contribution in [3.8, 4) is 11.5 Å². The smallest absolute Gasteiger partial charge is 0.251 e. The van der Waals surface area contributed by atoms with Crippen LogP contribution in [-0.2, 0) is 0 Å². The topological polar surface area (TPSA) is 54.0 Å². The van der Waals surface area contributed by atoms with Crippen LogP contribution in [-0.4, -0.2) is 62.7 Å². The minimum absolute atomic E-state index is 0.0807. The van der Waals surface area contributed by atoms with Crippen LogP contribution in [0.25, 0.3) is 10.8 Å². The number of nitrogens with one attached hydrogen (secondary N) is 1. The number of anilines is 1. The van der Waals surface area contributed by atoms with Gasteiger partial charge in [0, 0.05) is 50.2 Å². The van der Waals surface area contributed by atoms with E-state index < -0.39 is 0 Å². The lowest BCUT2D eigenvalue weighted by Crippen LogP contribution is -2.48. The van der Waals surface area contributed by atoms with E-state index in [4.69, 9.17) is 9.47 Å². The molecule has 3 aromatic carbocycles. The maximum absolute atomic E-state index is 12.8. The number of carbonyl (C=O) groups is 1. The Hall–Kier alpha value is -2.77. The summed E-state index contributed by atoms with van der Waals surface area (Å²) in [6, 6.07) is 19.8. The van der Waals surface area contributed by atoms with E-state index in [1.54, 1.807) is 7.11 Å². The zero-order chi connectivity index (χ0) is 22.3. The summed E-state index contributed by atoms with van der Waals surface area (Å²) >= 11 is 3.31. The molecule has 1 amide bonds. The van der Waals surface area contributed by atoms with Gasteiger partial charge in [-0.05, 0) is 45.6 Å². The van der Waals surface area contributed by atoms with Crippen molar-refractivity contribution in [3.05, 3.63) is 66.2 Å². The Bertz CT molecular complexity index is 1070. The van der Waals surface area contributed by atoms with Crippen molar-refractivity contribution in [1.82, 2.24) is 10.2 Å². The fourth-order valence-electron chi connectivity index (χ4n) is 4.12. The van der Waals surface area contributed by atoms with E-state index in [0.29, 0.717) is 23.4 Å². The molecule has 0 unspecified atom stereocenters. The van der Waals surface area contributed by atoms with E-state index in [-0.39, 0.29) is 5.91 Å². The van der Waals surface area contributed by atoms with Crippen molar-refractivity contribution in [2.24, 2.45) is 0 Å². The highest BCUT2D eigenvalue weighted by Crippen LogP contribution is 2.29. The van der Waals surface area contributed by atoms with Crippen molar-refractivity contribution in [3.63, 3.8) is 0 Å². The Morgan fingerprint density at radius 3 is 2.53 bits per heavy atom. The van der Waals surface area contributed by atoms with Crippen LogP contribution < -0.4 is 19.7 Å². The number of piperazine rings is 1. The van der Waals surface area contributed by atoms with Gasteiger partial charge in [0.25, 0.3) is 5.91 Å².